The van der Waals surface area contributed by atoms with Crippen molar-refractivity contribution in [1.82, 2.24) is 5.32 Å². The van der Waals surface area contributed by atoms with Crippen LogP contribution in [0, 0.1) is 5.82 Å². The molecule has 0 aliphatic heterocycles. The summed E-state index contributed by atoms with van der Waals surface area (Å²) in [6, 6.07) is 9.87. The first-order chi connectivity index (χ1) is 12.0. The number of carbonyl (C=O) groups excluding carboxylic acids is 2. The van der Waals surface area contributed by atoms with E-state index in [1.807, 2.05) is 0 Å². The Bertz CT molecular complexity index is 730. The van der Waals surface area contributed by atoms with E-state index < -0.39 is 29.8 Å². The molecule has 25 heavy (non-hydrogen) atoms. The van der Waals surface area contributed by atoms with E-state index >= 15 is 0 Å². The molecule has 0 aliphatic rings. The fraction of sp³-hybridized carbons (Fsp3) is 0.222. The summed E-state index contributed by atoms with van der Waals surface area (Å²) in [6.07, 6.45) is -1.33. The third-order valence-corrected chi connectivity index (χ3v) is 3.62. The van der Waals surface area contributed by atoms with Crippen LogP contribution >= 0.6 is 0 Å². The van der Waals surface area contributed by atoms with Crippen LogP contribution in [0.15, 0.2) is 48.5 Å². The van der Waals surface area contributed by atoms with E-state index in [4.69, 9.17) is 4.74 Å². The molecular formula is C18H18FNO5. The molecule has 0 fully saturated rings. The maximum Gasteiger partial charge on any atom is 0.331 e. The first-order valence-corrected chi connectivity index (χ1v) is 7.42. The molecule has 0 saturated carbocycles. The van der Waals surface area contributed by atoms with E-state index in [1.165, 1.54) is 19.2 Å². The second kappa shape index (κ2) is 8.25. The van der Waals surface area contributed by atoms with Crippen molar-refractivity contribution < 1.29 is 28.6 Å². The lowest BCUT2D eigenvalue weighted by Gasteiger charge is -2.22. The highest BCUT2D eigenvalue weighted by molar-refractivity contribution is 5.96. The summed E-state index contributed by atoms with van der Waals surface area (Å²) in [7, 11) is 2.66. The number of ether oxygens (including phenoxy) is 2. The van der Waals surface area contributed by atoms with Gasteiger partial charge in [0.2, 0.25) is 0 Å². The van der Waals surface area contributed by atoms with Gasteiger partial charge in [-0.15, -0.1) is 0 Å². The zero-order chi connectivity index (χ0) is 18.4. The summed E-state index contributed by atoms with van der Waals surface area (Å²) in [5, 5.41) is 12.9. The zero-order valence-electron chi connectivity index (χ0n) is 13.7. The molecule has 2 aromatic rings. The summed E-state index contributed by atoms with van der Waals surface area (Å²) in [4.78, 5) is 24.2. The molecule has 0 radical (unpaired) electrons. The predicted octanol–water partition coefficient (Wildman–Crippen LogP) is 1.84. The van der Waals surface area contributed by atoms with E-state index in [2.05, 4.69) is 10.1 Å². The Balaban J connectivity index is 2.21. The number of aliphatic hydroxyl groups is 1. The average molecular weight is 347 g/mol. The van der Waals surface area contributed by atoms with Crippen LogP contribution < -0.4 is 10.1 Å². The number of aliphatic hydroxyl groups excluding tert-OH is 1. The second-order valence-corrected chi connectivity index (χ2v) is 5.20. The standard InChI is InChI=1S/C18H18FNO5/c1-24-14-9-5-11(6-10-14)16(21)15(18(23)25-2)20-17(22)12-3-7-13(19)8-4-12/h3-10,15-16,21H,1-2H3,(H,20,22). The summed E-state index contributed by atoms with van der Waals surface area (Å²) < 4.78 is 22.6. The minimum Gasteiger partial charge on any atom is -0.497 e. The number of hydrogen-bond acceptors (Lipinski definition) is 5. The molecular weight excluding hydrogens is 329 g/mol. The minimum absolute atomic E-state index is 0.150. The summed E-state index contributed by atoms with van der Waals surface area (Å²) >= 11 is 0. The number of amides is 1. The quantitative estimate of drug-likeness (QED) is 0.779. The minimum atomic E-state index is -1.33. The van der Waals surface area contributed by atoms with Crippen LogP contribution in [0.4, 0.5) is 4.39 Å². The van der Waals surface area contributed by atoms with Crippen LogP contribution in [0.3, 0.4) is 0 Å². The van der Waals surface area contributed by atoms with Gasteiger partial charge in [-0.05, 0) is 42.0 Å². The summed E-state index contributed by atoms with van der Waals surface area (Å²) in [6.45, 7) is 0. The van der Waals surface area contributed by atoms with Crippen molar-refractivity contribution in [2.45, 2.75) is 12.1 Å². The van der Waals surface area contributed by atoms with Gasteiger partial charge in [0, 0.05) is 5.56 Å². The lowest BCUT2D eigenvalue weighted by atomic mass is 10.0. The van der Waals surface area contributed by atoms with Gasteiger partial charge < -0.3 is 19.9 Å². The van der Waals surface area contributed by atoms with Gasteiger partial charge in [-0.2, -0.15) is 0 Å². The van der Waals surface area contributed by atoms with E-state index in [1.54, 1.807) is 24.3 Å². The highest BCUT2D eigenvalue weighted by atomic mass is 19.1. The number of esters is 1. The predicted molar refractivity (Wildman–Crippen MR) is 87.6 cm³/mol. The number of benzene rings is 2. The molecule has 2 rings (SSSR count). The first-order valence-electron chi connectivity index (χ1n) is 7.42. The number of halogens is 1. The summed E-state index contributed by atoms with van der Waals surface area (Å²) in [5.41, 5.74) is 0.549. The average Bonchev–Trinajstić information content (AvgIpc) is 2.65. The Kier molecular flexibility index (Phi) is 6.08. The van der Waals surface area contributed by atoms with E-state index in [0.29, 0.717) is 11.3 Å². The van der Waals surface area contributed by atoms with Gasteiger partial charge >= 0.3 is 5.97 Å². The highest BCUT2D eigenvalue weighted by Crippen LogP contribution is 2.21. The maximum absolute atomic E-state index is 13.0. The Hall–Kier alpha value is -2.93. The Morgan fingerprint density at radius 3 is 2.16 bits per heavy atom. The Morgan fingerprint density at radius 2 is 1.64 bits per heavy atom. The number of rotatable bonds is 6. The van der Waals surface area contributed by atoms with Crippen molar-refractivity contribution >= 4 is 11.9 Å². The van der Waals surface area contributed by atoms with E-state index in [0.717, 1.165) is 19.2 Å². The molecule has 2 unspecified atom stereocenters. The van der Waals surface area contributed by atoms with Crippen LogP contribution in [0.2, 0.25) is 0 Å². The van der Waals surface area contributed by atoms with Crippen molar-refractivity contribution in [2.24, 2.45) is 0 Å². The van der Waals surface area contributed by atoms with Gasteiger partial charge in [-0.3, -0.25) is 4.79 Å². The second-order valence-electron chi connectivity index (χ2n) is 5.20. The van der Waals surface area contributed by atoms with Crippen molar-refractivity contribution in [3.63, 3.8) is 0 Å². The molecule has 1 amide bonds. The van der Waals surface area contributed by atoms with E-state index in [9.17, 15) is 19.1 Å². The van der Waals surface area contributed by atoms with Gasteiger partial charge in [0.25, 0.3) is 5.91 Å². The topological polar surface area (TPSA) is 84.9 Å². The van der Waals surface area contributed by atoms with Crippen molar-refractivity contribution in [3.05, 3.63) is 65.5 Å². The van der Waals surface area contributed by atoms with Gasteiger partial charge in [-0.1, -0.05) is 12.1 Å². The third-order valence-electron chi connectivity index (χ3n) is 3.62. The monoisotopic (exact) mass is 347 g/mol. The number of carbonyl (C=O) groups is 2. The molecule has 132 valence electrons. The van der Waals surface area contributed by atoms with Gasteiger partial charge in [0.15, 0.2) is 6.04 Å². The SMILES string of the molecule is COC(=O)C(NC(=O)c1ccc(F)cc1)C(O)c1ccc(OC)cc1. The van der Waals surface area contributed by atoms with Crippen LogP contribution in [0.1, 0.15) is 22.0 Å². The summed E-state index contributed by atoms with van der Waals surface area (Å²) in [5.74, 6) is -1.35. The molecule has 2 atom stereocenters. The molecule has 2 aromatic carbocycles. The van der Waals surface area contributed by atoms with Crippen LogP contribution in [0.25, 0.3) is 0 Å². The molecule has 7 heteroatoms. The van der Waals surface area contributed by atoms with Crippen molar-refractivity contribution in [1.29, 1.82) is 0 Å². The molecule has 0 saturated heterocycles. The van der Waals surface area contributed by atoms with Gasteiger partial charge in [0.1, 0.15) is 17.7 Å². The molecule has 0 aliphatic carbocycles. The van der Waals surface area contributed by atoms with Crippen molar-refractivity contribution in [3.8, 4) is 5.75 Å². The maximum atomic E-state index is 13.0. The fourth-order valence-corrected chi connectivity index (χ4v) is 2.21. The lowest BCUT2D eigenvalue weighted by Crippen LogP contribution is -2.45. The molecule has 2 N–H and O–H groups in total. The van der Waals surface area contributed by atoms with Crippen LogP contribution in [-0.2, 0) is 9.53 Å². The third kappa shape index (κ3) is 4.54. The van der Waals surface area contributed by atoms with E-state index in [-0.39, 0.29) is 5.56 Å². The molecule has 0 heterocycles. The van der Waals surface area contributed by atoms with Crippen molar-refractivity contribution in [2.75, 3.05) is 14.2 Å². The van der Waals surface area contributed by atoms with Crippen LogP contribution in [0.5, 0.6) is 5.75 Å². The lowest BCUT2D eigenvalue weighted by molar-refractivity contribution is -0.146. The smallest absolute Gasteiger partial charge is 0.331 e. The number of methoxy groups -OCH3 is 2. The Morgan fingerprint density at radius 1 is 1.04 bits per heavy atom. The molecule has 6 nitrogen and oxygen atoms in total. The van der Waals surface area contributed by atoms with Crippen LogP contribution in [-0.4, -0.2) is 37.2 Å². The molecule has 0 aromatic heterocycles. The highest BCUT2D eigenvalue weighted by Gasteiger charge is 2.31. The largest absolute Gasteiger partial charge is 0.497 e. The first kappa shape index (κ1) is 18.4. The number of nitrogens with one attached hydrogen (secondary N) is 1. The fourth-order valence-electron chi connectivity index (χ4n) is 2.21. The molecule has 0 spiro atoms. The zero-order valence-corrected chi connectivity index (χ0v) is 13.7. The van der Waals surface area contributed by atoms with Gasteiger partial charge in [0.05, 0.1) is 14.2 Å². The Labute approximate surface area is 144 Å². The normalized spacial score (nSPS) is 12.8. The molecule has 0 bridgehead atoms. The number of hydrogen-bond donors (Lipinski definition) is 2. The van der Waals surface area contributed by atoms with Gasteiger partial charge in [-0.25, -0.2) is 9.18 Å².